The summed E-state index contributed by atoms with van der Waals surface area (Å²) in [6.45, 7) is 8.61. The van der Waals surface area contributed by atoms with Gasteiger partial charge >= 0.3 is 6.01 Å². The average molecular weight is 498 g/mol. The van der Waals surface area contributed by atoms with Crippen LogP contribution in [-0.4, -0.2) is 80.5 Å². The quantitative estimate of drug-likeness (QED) is 0.407. The molecule has 0 aromatic carbocycles. The highest BCUT2D eigenvalue weighted by Crippen LogP contribution is 2.33. The zero-order valence-corrected chi connectivity index (χ0v) is 21.5. The molecule has 2 atom stereocenters. The predicted molar refractivity (Wildman–Crippen MR) is 135 cm³/mol. The summed E-state index contributed by atoms with van der Waals surface area (Å²) in [6.07, 6.45) is 5.34. The third kappa shape index (κ3) is 5.90. The van der Waals surface area contributed by atoms with Crippen LogP contribution in [0.2, 0.25) is 0 Å². The Kier molecular flexibility index (Phi) is 7.70. The standard InChI is InChI=1S/C25H35N7O4/c1-15(14-35-5)36-24-30-21(22(33)28-16(2)25(3,4)34)29-23(31-24)32-11-8-17(9-12-32)19-13-27-20-18(19)7-6-10-26-20/h6-7,10,13,15-17,34H,8-9,11-12,14H2,1-5H3,(H,26,27)(H,28,33)/t15-,16-/m1/s1. The number of piperidine rings is 1. The average Bonchev–Trinajstić information content (AvgIpc) is 3.27. The minimum Gasteiger partial charge on any atom is -0.458 e. The lowest BCUT2D eigenvalue weighted by Crippen LogP contribution is -2.47. The van der Waals surface area contributed by atoms with Gasteiger partial charge in [0, 0.05) is 38.0 Å². The Balaban J connectivity index is 1.53. The van der Waals surface area contributed by atoms with E-state index in [1.54, 1.807) is 34.1 Å². The molecule has 0 spiro atoms. The summed E-state index contributed by atoms with van der Waals surface area (Å²) in [5.74, 6) is 0.220. The first-order chi connectivity index (χ1) is 17.2. The number of aromatic amines is 1. The van der Waals surface area contributed by atoms with Crippen molar-refractivity contribution in [1.82, 2.24) is 30.2 Å². The Morgan fingerprint density at radius 2 is 2.03 bits per heavy atom. The molecule has 0 aliphatic carbocycles. The molecule has 1 amide bonds. The third-order valence-corrected chi connectivity index (χ3v) is 6.62. The number of rotatable bonds is 9. The molecule has 0 bridgehead atoms. The molecular weight excluding hydrogens is 462 g/mol. The van der Waals surface area contributed by atoms with E-state index in [1.807, 2.05) is 13.0 Å². The lowest BCUT2D eigenvalue weighted by atomic mass is 9.89. The monoisotopic (exact) mass is 497 g/mol. The van der Waals surface area contributed by atoms with Crippen molar-refractivity contribution in [2.45, 2.75) is 64.2 Å². The normalized spacial score (nSPS) is 16.7. The van der Waals surface area contributed by atoms with E-state index < -0.39 is 17.6 Å². The molecular formula is C25H35N7O4. The maximum absolute atomic E-state index is 12.9. The van der Waals surface area contributed by atoms with Gasteiger partial charge in [0.05, 0.1) is 18.2 Å². The van der Waals surface area contributed by atoms with Crippen LogP contribution in [0.4, 0.5) is 5.95 Å². The fourth-order valence-corrected chi connectivity index (χ4v) is 4.23. The van der Waals surface area contributed by atoms with Gasteiger partial charge in [-0.2, -0.15) is 15.0 Å². The minimum atomic E-state index is -1.10. The number of hydrogen-bond acceptors (Lipinski definition) is 9. The fourth-order valence-electron chi connectivity index (χ4n) is 4.23. The first-order valence-electron chi connectivity index (χ1n) is 12.3. The van der Waals surface area contributed by atoms with Crippen molar-refractivity contribution in [3.05, 3.63) is 35.9 Å². The van der Waals surface area contributed by atoms with Crippen LogP contribution in [0.3, 0.4) is 0 Å². The summed E-state index contributed by atoms with van der Waals surface area (Å²) >= 11 is 0. The molecule has 4 heterocycles. The van der Waals surface area contributed by atoms with Crippen LogP contribution >= 0.6 is 0 Å². The molecule has 194 valence electrons. The van der Waals surface area contributed by atoms with Gasteiger partial charge in [-0.1, -0.05) is 0 Å². The van der Waals surface area contributed by atoms with Gasteiger partial charge in [-0.05, 0) is 64.2 Å². The van der Waals surface area contributed by atoms with Crippen molar-refractivity contribution in [2.24, 2.45) is 0 Å². The van der Waals surface area contributed by atoms with Gasteiger partial charge in [-0.15, -0.1) is 0 Å². The maximum Gasteiger partial charge on any atom is 0.322 e. The van der Waals surface area contributed by atoms with E-state index in [2.05, 4.69) is 47.4 Å². The van der Waals surface area contributed by atoms with E-state index in [4.69, 9.17) is 9.47 Å². The van der Waals surface area contributed by atoms with Crippen molar-refractivity contribution in [2.75, 3.05) is 31.7 Å². The smallest absolute Gasteiger partial charge is 0.322 e. The number of pyridine rings is 1. The number of carbonyl (C=O) groups excluding carboxylic acids is 1. The molecule has 11 heteroatoms. The zero-order chi connectivity index (χ0) is 25.9. The number of H-pyrrole nitrogens is 1. The summed E-state index contributed by atoms with van der Waals surface area (Å²) in [5.41, 5.74) is 1.07. The number of methoxy groups -OCH3 is 1. The van der Waals surface area contributed by atoms with E-state index in [9.17, 15) is 9.90 Å². The highest BCUT2D eigenvalue weighted by Gasteiger charge is 2.28. The summed E-state index contributed by atoms with van der Waals surface area (Å²) in [7, 11) is 1.59. The van der Waals surface area contributed by atoms with Crippen LogP contribution in [0, 0.1) is 0 Å². The van der Waals surface area contributed by atoms with Crippen LogP contribution < -0.4 is 15.0 Å². The van der Waals surface area contributed by atoms with Crippen molar-refractivity contribution in [1.29, 1.82) is 0 Å². The first-order valence-corrected chi connectivity index (χ1v) is 12.3. The number of aromatic nitrogens is 5. The van der Waals surface area contributed by atoms with E-state index in [-0.39, 0.29) is 17.9 Å². The topological polar surface area (TPSA) is 138 Å². The Labute approximate surface area is 210 Å². The van der Waals surface area contributed by atoms with Crippen LogP contribution in [-0.2, 0) is 4.74 Å². The van der Waals surface area contributed by atoms with Gasteiger partial charge in [0.15, 0.2) is 0 Å². The Hall–Kier alpha value is -3.31. The minimum absolute atomic E-state index is 0.0551. The first kappa shape index (κ1) is 25.8. The lowest BCUT2D eigenvalue weighted by molar-refractivity contribution is 0.0405. The zero-order valence-electron chi connectivity index (χ0n) is 21.5. The molecule has 0 unspecified atom stereocenters. The Bertz CT molecular complexity index is 1180. The number of amides is 1. The molecule has 0 radical (unpaired) electrons. The fraction of sp³-hybridized carbons (Fsp3) is 0.560. The molecule has 1 fully saturated rings. The number of aliphatic hydroxyl groups is 1. The number of nitrogens with one attached hydrogen (secondary N) is 2. The largest absolute Gasteiger partial charge is 0.458 e. The van der Waals surface area contributed by atoms with E-state index in [0.717, 1.165) is 37.0 Å². The Morgan fingerprint density at radius 3 is 2.72 bits per heavy atom. The summed E-state index contributed by atoms with van der Waals surface area (Å²) < 4.78 is 11.0. The van der Waals surface area contributed by atoms with Crippen LogP contribution in [0.5, 0.6) is 6.01 Å². The molecule has 3 aromatic heterocycles. The molecule has 0 saturated carbocycles. The second kappa shape index (κ2) is 10.8. The predicted octanol–water partition coefficient (Wildman–Crippen LogP) is 2.43. The van der Waals surface area contributed by atoms with Gasteiger partial charge in [0.25, 0.3) is 5.91 Å². The Morgan fingerprint density at radius 1 is 1.28 bits per heavy atom. The molecule has 4 rings (SSSR count). The highest BCUT2D eigenvalue weighted by molar-refractivity contribution is 5.91. The van der Waals surface area contributed by atoms with Gasteiger partial charge in [0.2, 0.25) is 11.8 Å². The molecule has 11 nitrogen and oxygen atoms in total. The number of ether oxygens (including phenoxy) is 2. The number of hydrogen-bond donors (Lipinski definition) is 3. The number of nitrogens with zero attached hydrogens (tertiary/aromatic N) is 5. The SMILES string of the molecule is COC[C@@H](C)Oc1nc(C(=O)N[C@H](C)C(C)(C)O)nc(N2CCC(c3c[nH]c4ncccc34)CC2)n1. The van der Waals surface area contributed by atoms with Gasteiger partial charge in [-0.3, -0.25) is 4.79 Å². The molecule has 3 aromatic rings. The lowest BCUT2D eigenvalue weighted by Gasteiger charge is -2.32. The number of fused-ring (bicyclic) bond motifs is 1. The van der Waals surface area contributed by atoms with Crippen molar-refractivity contribution in [3.63, 3.8) is 0 Å². The molecule has 1 aliphatic heterocycles. The van der Waals surface area contributed by atoms with Gasteiger partial charge in [0.1, 0.15) is 11.8 Å². The van der Waals surface area contributed by atoms with Crippen LogP contribution in [0.1, 0.15) is 62.6 Å². The number of anilines is 1. The van der Waals surface area contributed by atoms with E-state index in [0.29, 0.717) is 18.5 Å². The molecule has 3 N–H and O–H groups in total. The van der Waals surface area contributed by atoms with E-state index >= 15 is 0 Å². The maximum atomic E-state index is 12.9. The van der Waals surface area contributed by atoms with Crippen molar-refractivity contribution >= 4 is 22.9 Å². The second-order valence-corrected chi connectivity index (χ2v) is 9.88. The number of carbonyl (C=O) groups is 1. The van der Waals surface area contributed by atoms with E-state index in [1.165, 1.54) is 5.56 Å². The summed E-state index contributed by atoms with van der Waals surface area (Å²) in [6, 6.07) is 3.60. The highest BCUT2D eigenvalue weighted by atomic mass is 16.5. The molecule has 1 aliphatic rings. The van der Waals surface area contributed by atoms with Crippen molar-refractivity contribution in [3.8, 4) is 6.01 Å². The summed E-state index contributed by atoms with van der Waals surface area (Å²) in [5, 5.41) is 14.1. The van der Waals surface area contributed by atoms with Gasteiger partial charge < -0.3 is 29.8 Å². The van der Waals surface area contributed by atoms with Crippen LogP contribution in [0.25, 0.3) is 11.0 Å². The molecule has 36 heavy (non-hydrogen) atoms. The van der Waals surface area contributed by atoms with Gasteiger partial charge in [-0.25, -0.2) is 4.98 Å². The molecule has 1 saturated heterocycles. The van der Waals surface area contributed by atoms with Crippen molar-refractivity contribution < 1.29 is 19.4 Å². The van der Waals surface area contributed by atoms with Crippen LogP contribution in [0.15, 0.2) is 24.5 Å². The summed E-state index contributed by atoms with van der Waals surface area (Å²) in [4.78, 5) is 35.9. The second-order valence-electron chi connectivity index (χ2n) is 9.88. The third-order valence-electron chi connectivity index (χ3n) is 6.62.